The Kier molecular flexibility index (Phi) is 4.30. The van der Waals surface area contributed by atoms with Crippen LogP contribution in [0.3, 0.4) is 0 Å². The number of nitrogens with zero attached hydrogens (tertiary/aromatic N) is 2. The number of alkyl halides is 3. The molecule has 1 atom stereocenters. The van der Waals surface area contributed by atoms with E-state index in [9.17, 15) is 23.3 Å². The van der Waals surface area contributed by atoms with E-state index < -0.39 is 16.7 Å². The summed E-state index contributed by atoms with van der Waals surface area (Å²) >= 11 is 0. The van der Waals surface area contributed by atoms with Crippen molar-refractivity contribution in [1.29, 1.82) is 0 Å². The van der Waals surface area contributed by atoms with E-state index in [4.69, 9.17) is 0 Å². The smallest absolute Gasteiger partial charge is 0.364 e. The van der Waals surface area contributed by atoms with Gasteiger partial charge in [-0.25, -0.2) is 4.98 Å². The number of rotatable bonds is 4. The average molecular weight is 311 g/mol. The molecular formula is C14H12F3N3O2. The number of nitro groups is 1. The van der Waals surface area contributed by atoms with Gasteiger partial charge in [0.05, 0.1) is 10.5 Å². The van der Waals surface area contributed by atoms with E-state index in [0.717, 1.165) is 18.3 Å². The molecule has 8 heteroatoms. The maximum absolute atomic E-state index is 12.5. The van der Waals surface area contributed by atoms with Crippen molar-refractivity contribution in [3.63, 3.8) is 0 Å². The summed E-state index contributed by atoms with van der Waals surface area (Å²) in [6.07, 6.45) is -3.25. The quantitative estimate of drug-likeness (QED) is 0.679. The maximum Gasteiger partial charge on any atom is 0.416 e. The normalized spacial score (nSPS) is 12.7. The first kappa shape index (κ1) is 15.7. The van der Waals surface area contributed by atoms with Crippen LogP contribution < -0.4 is 5.32 Å². The molecule has 0 aliphatic carbocycles. The highest BCUT2D eigenvalue weighted by atomic mass is 19.4. The molecule has 0 aliphatic heterocycles. The molecule has 0 bridgehead atoms. The monoisotopic (exact) mass is 311 g/mol. The fraction of sp³-hybridized carbons (Fsp3) is 0.214. The third-order valence-electron chi connectivity index (χ3n) is 3.06. The van der Waals surface area contributed by atoms with E-state index in [1.165, 1.54) is 24.3 Å². The van der Waals surface area contributed by atoms with Crippen LogP contribution in [0, 0.1) is 10.1 Å². The minimum Gasteiger partial charge on any atom is -0.364 e. The molecule has 0 aliphatic rings. The van der Waals surface area contributed by atoms with Crippen LogP contribution in [-0.2, 0) is 6.18 Å². The zero-order chi connectivity index (χ0) is 16.3. The number of benzene rings is 1. The van der Waals surface area contributed by atoms with E-state index in [0.29, 0.717) is 11.4 Å². The zero-order valence-corrected chi connectivity index (χ0v) is 11.5. The number of hydrogen-bond donors (Lipinski definition) is 1. The number of anilines is 1. The van der Waals surface area contributed by atoms with Crippen molar-refractivity contribution in [3.8, 4) is 0 Å². The fourth-order valence-electron chi connectivity index (χ4n) is 1.85. The Bertz CT molecular complexity index is 655. The molecule has 0 fully saturated rings. The summed E-state index contributed by atoms with van der Waals surface area (Å²) in [6.45, 7) is 1.76. The molecule has 5 nitrogen and oxygen atoms in total. The summed E-state index contributed by atoms with van der Waals surface area (Å²) in [5.74, 6) is 0.401. The Morgan fingerprint density at radius 2 is 1.82 bits per heavy atom. The molecule has 0 saturated carbocycles. The lowest BCUT2D eigenvalue weighted by atomic mass is 10.1. The molecule has 116 valence electrons. The zero-order valence-electron chi connectivity index (χ0n) is 11.5. The molecule has 1 N–H and O–H groups in total. The molecule has 1 aromatic heterocycles. The van der Waals surface area contributed by atoms with Crippen LogP contribution in [0.1, 0.15) is 24.1 Å². The van der Waals surface area contributed by atoms with Gasteiger partial charge in [-0.2, -0.15) is 13.2 Å². The number of aromatic nitrogens is 1. The van der Waals surface area contributed by atoms with Crippen LogP contribution in [-0.4, -0.2) is 9.91 Å². The summed E-state index contributed by atoms with van der Waals surface area (Å²) < 4.78 is 37.5. The highest BCUT2D eigenvalue weighted by Gasteiger charge is 2.30. The molecule has 0 saturated heterocycles. The molecule has 1 unspecified atom stereocenters. The number of halogens is 3. The van der Waals surface area contributed by atoms with Gasteiger partial charge in [0.1, 0.15) is 12.0 Å². The van der Waals surface area contributed by atoms with Gasteiger partial charge in [-0.15, -0.1) is 0 Å². The molecule has 2 rings (SSSR count). The molecule has 2 aromatic rings. The minimum atomic E-state index is -4.37. The van der Waals surface area contributed by atoms with Crippen molar-refractivity contribution < 1.29 is 18.1 Å². The van der Waals surface area contributed by atoms with Crippen LogP contribution in [0.15, 0.2) is 42.6 Å². The van der Waals surface area contributed by atoms with Gasteiger partial charge in [-0.1, -0.05) is 12.1 Å². The highest BCUT2D eigenvalue weighted by Crippen LogP contribution is 2.30. The van der Waals surface area contributed by atoms with Crippen molar-refractivity contribution in [1.82, 2.24) is 4.98 Å². The Morgan fingerprint density at radius 1 is 1.18 bits per heavy atom. The van der Waals surface area contributed by atoms with Gasteiger partial charge >= 0.3 is 6.18 Å². The van der Waals surface area contributed by atoms with Crippen LogP contribution in [0.4, 0.5) is 24.7 Å². The molecule has 0 radical (unpaired) electrons. The van der Waals surface area contributed by atoms with Crippen molar-refractivity contribution in [2.45, 2.75) is 19.1 Å². The summed E-state index contributed by atoms with van der Waals surface area (Å²) in [5.41, 5.74) is -0.196. The topological polar surface area (TPSA) is 68.1 Å². The van der Waals surface area contributed by atoms with Crippen LogP contribution in [0.25, 0.3) is 0 Å². The van der Waals surface area contributed by atoms with Gasteiger partial charge in [0, 0.05) is 12.1 Å². The Hall–Kier alpha value is -2.64. The van der Waals surface area contributed by atoms with Gasteiger partial charge < -0.3 is 5.32 Å². The van der Waals surface area contributed by atoms with Gasteiger partial charge in [-0.3, -0.25) is 10.1 Å². The average Bonchev–Trinajstić information content (AvgIpc) is 2.47. The number of pyridine rings is 1. The highest BCUT2D eigenvalue weighted by molar-refractivity contribution is 5.42. The third-order valence-corrected chi connectivity index (χ3v) is 3.06. The van der Waals surface area contributed by atoms with E-state index in [1.807, 2.05) is 0 Å². The Labute approximate surface area is 124 Å². The van der Waals surface area contributed by atoms with E-state index in [1.54, 1.807) is 6.92 Å². The van der Waals surface area contributed by atoms with Crippen LogP contribution in [0.5, 0.6) is 0 Å². The summed E-state index contributed by atoms with van der Waals surface area (Å²) in [7, 11) is 0. The van der Waals surface area contributed by atoms with E-state index in [-0.39, 0.29) is 11.7 Å². The van der Waals surface area contributed by atoms with Crippen molar-refractivity contribution in [2.24, 2.45) is 0 Å². The molecule has 22 heavy (non-hydrogen) atoms. The molecule has 0 amide bonds. The van der Waals surface area contributed by atoms with Gasteiger partial charge in [-0.05, 0) is 30.7 Å². The second-order valence-corrected chi connectivity index (χ2v) is 4.64. The Balaban J connectivity index is 2.08. The third kappa shape index (κ3) is 3.72. The lowest BCUT2D eigenvalue weighted by Gasteiger charge is -2.15. The lowest BCUT2D eigenvalue weighted by Crippen LogP contribution is -2.09. The first-order chi connectivity index (χ1) is 10.3. The summed E-state index contributed by atoms with van der Waals surface area (Å²) in [6, 6.07) is 7.23. The molecular weight excluding hydrogens is 299 g/mol. The SMILES string of the molecule is CC(Nc1ccc([N+](=O)[O-])cn1)c1ccc(C(F)(F)F)cc1. The maximum atomic E-state index is 12.5. The first-order valence-electron chi connectivity index (χ1n) is 6.31. The second-order valence-electron chi connectivity index (χ2n) is 4.64. The summed E-state index contributed by atoms with van der Waals surface area (Å²) in [4.78, 5) is 13.9. The van der Waals surface area contributed by atoms with Crippen molar-refractivity contribution >= 4 is 11.5 Å². The first-order valence-corrected chi connectivity index (χ1v) is 6.31. The molecule has 1 aromatic carbocycles. The lowest BCUT2D eigenvalue weighted by molar-refractivity contribution is -0.385. The van der Waals surface area contributed by atoms with Crippen molar-refractivity contribution in [3.05, 3.63) is 63.8 Å². The second kappa shape index (κ2) is 6.00. The van der Waals surface area contributed by atoms with Crippen molar-refractivity contribution in [2.75, 3.05) is 5.32 Å². The summed E-state index contributed by atoms with van der Waals surface area (Å²) in [5, 5.41) is 13.5. The van der Waals surface area contributed by atoms with Gasteiger partial charge in [0.2, 0.25) is 0 Å². The van der Waals surface area contributed by atoms with Gasteiger partial charge in [0.25, 0.3) is 5.69 Å². The predicted molar refractivity (Wildman–Crippen MR) is 74.4 cm³/mol. The van der Waals surface area contributed by atoms with Gasteiger partial charge in [0.15, 0.2) is 0 Å². The van der Waals surface area contributed by atoms with E-state index >= 15 is 0 Å². The standard InChI is InChI=1S/C14H12F3N3O2/c1-9(10-2-4-11(5-3-10)14(15,16)17)19-13-7-6-12(8-18-13)20(21)22/h2-9H,1H3,(H,18,19). The van der Waals surface area contributed by atoms with Crippen LogP contribution in [0.2, 0.25) is 0 Å². The number of hydrogen-bond acceptors (Lipinski definition) is 4. The van der Waals surface area contributed by atoms with E-state index in [2.05, 4.69) is 10.3 Å². The number of nitrogens with one attached hydrogen (secondary N) is 1. The largest absolute Gasteiger partial charge is 0.416 e. The predicted octanol–water partition coefficient (Wildman–Crippen LogP) is 4.18. The Morgan fingerprint density at radius 3 is 2.27 bits per heavy atom. The molecule has 0 spiro atoms. The van der Waals surface area contributed by atoms with Crippen LogP contribution >= 0.6 is 0 Å². The minimum absolute atomic E-state index is 0.132. The molecule has 1 heterocycles. The fourth-order valence-corrected chi connectivity index (χ4v) is 1.85.